The van der Waals surface area contributed by atoms with Crippen LogP contribution in [0.2, 0.25) is 0 Å². The average molecular weight is 282 g/mol. The fourth-order valence-electron chi connectivity index (χ4n) is 0.910. The van der Waals surface area contributed by atoms with E-state index in [9.17, 15) is 0 Å². The third kappa shape index (κ3) is 46.3. The molecule has 19 heavy (non-hydrogen) atoms. The Kier molecular flexibility index (Phi) is 33.1. The van der Waals surface area contributed by atoms with Gasteiger partial charge in [-0.05, 0) is 40.0 Å². The second-order valence-corrected chi connectivity index (χ2v) is 3.77. The molecular formula is C14H34O5. The largest absolute Gasteiger partial charge is 0.397 e. The highest BCUT2D eigenvalue weighted by molar-refractivity contribution is 4.43. The minimum absolute atomic E-state index is 0.250. The zero-order chi connectivity index (χ0) is 15.4. The normalized spacial score (nSPS) is 14.1. The number of rotatable bonds is 4. The van der Waals surface area contributed by atoms with E-state index in [1.807, 2.05) is 6.92 Å². The van der Waals surface area contributed by atoms with E-state index in [1.165, 1.54) is 12.8 Å². The van der Waals surface area contributed by atoms with E-state index in [-0.39, 0.29) is 6.61 Å². The van der Waals surface area contributed by atoms with E-state index in [0.29, 0.717) is 13.2 Å². The molecule has 5 heteroatoms. The van der Waals surface area contributed by atoms with Crippen molar-refractivity contribution in [2.75, 3.05) is 33.0 Å². The second kappa shape index (κ2) is 26.4. The van der Waals surface area contributed by atoms with E-state index in [2.05, 4.69) is 11.7 Å². The van der Waals surface area contributed by atoms with Crippen molar-refractivity contribution in [1.82, 2.24) is 0 Å². The molecular weight excluding hydrogens is 248 g/mol. The topological polar surface area (TPSA) is 79.2 Å². The Balaban J connectivity index is -0.000000184. The van der Waals surface area contributed by atoms with Gasteiger partial charge in [0, 0.05) is 33.0 Å². The summed E-state index contributed by atoms with van der Waals surface area (Å²) in [6.45, 7) is 10.3. The van der Waals surface area contributed by atoms with Gasteiger partial charge in [-0.1, -0.05) is 13.3 Å². The molecule has 1 saturated heterocycles. The fraction of sp³-hybridized carbons (Fsp3) is 1.00. The summed E-state index contributed by atoms with van der Waals surface area (Å²) in [4.78, 5) is 0. The Labute approximate surface area is 118 Å². The third-order valence-corrected chi connectivity index (χ3v) is 1.75. The lowest BCUT2D eigenvalue weighted by Crippen LogP contribution is -2.04. The van der Waals surface area contributed by atoms with Crippen LogP contribution in [0.3, 0.4) is 0 Å². The van der Waals surface area contributed by atoms with Crippen molar-refractivity contribution in [3.8, 4) is 0 Å². The summed E-state index contributed by atoms with van der Waals surface area (Å²) in [7, 11) is 0. The quantitative estimate of drug-likeness (QED) is 0.687. The maximum atomic E-state index is 8.33. The lowest BCUT2D eigenvalue weighted by atomic mass is 10.4. The molecule has 1 rings (SSSR count). The highest BCUT2D eigenvalue weighted by atomic mass is 16.6. The molecule has 0 aromatic heterocycles. The van der Waals surface area contributed by atoms with Crippen LogP contribution in [0.15, 0.2) is 0 Å². The van der Waals surface area contributed by atoms with Gasteiger partial charge >= 0.3 is 0 Å². The standard InChI is InChI=1S/C4H10O2.C4H8O.C4H10O.C2H6O/c1-3-6-4(2)5;1-2-4-5-3-1;1-2-3-4-5;1-2-3/h4-5H,3H2,1-2H3;1-4H2;5H,2-4H2,1H3;3H,2H2,1H3. The Hall–Kier alpha value is -0.200. The monoisotopic (exact) mass is 282 g/mol. The summed E-state index contributed by atoms with van der Waals surface area (Å²) in [5, 5.41) is 24.0. The van der Waals surface area contributed by atoms with Crippen LogP contribution >= 0.6 is 0 Å². The van der Waals surface area contributed by atoms with Gasteiger partial charge in [0.1, 0.15) is 0 Å². The predicted molar refractivity (Wildman–Crippen MR) is 78.1 cm³/mol. The molecule has 0 saturated carbocycles. The van der Waals surface area contributed by atoms with Crippen LogP contribution in [0, 0.1) is 0 Å². The molecule has 0 bridgehead atoms. The number of hydrogen-bond donors (Lipinski definition) is 3. The van der Waals surface area contributed by atoms with Crippen LogP contribution < -0.4 is 0 Å². The molecule has 120 valence electrons. The van der Waals surface area contributed by atoms with Crippen LogP contribution in [0.5, 0.6) is 0 Å². The van der Waals surface area contributed by atoms with Crippen molar-refractivity contribution in [2.24, 2.45) is 0 Å². The molecule has 0 amide bonds. The van der Waals surface area contributed by atoms with Crippen LogP contribution in [0.1, 0.15) is 53.4 Å². The van der Waals surface area contributed by atoms with Gasteiger partial charge in [-0.25, -0.2) is 0 Å². The zero-order valence-electron chi connectivity index (χ0n) is 13.1. The Morgan fingerprint density at radius 2 is 1.58 bits per heavy atom. The minimum Gasteiger partial charge on any atom is -0.397 e. The first kappa shape index (κ1) is 23.9. The minimum atomic E-state index is -0.602. The fourth-order valence-corrected chi connectivity index (χ4v) is 0.910. The maximum absolute atomic E-state index is 8.33. The molecule has 3 N–H and O–H groups in total. The Morgan fingerprint density at radius 1 is 1.11 bits per heavy atom. The Morgan fingerprint density at radius 3 is 1.63 bits per heavy atom. The average Bonchev–Trinajstić information content (AvgIpc) is 2.90. The number of hydrogen-bond acceptors (Lipinski definition) is 5. The molecule has 1 aliphatic heterocycles. The molecule has 1 atom stereocenters. The van der Waals surface area contributed by atoms with Gasteiger partial charge in [0.05, 0.1) is 0 Å². The summed E-state index contributed by atoms with van der Waals surface area (Å²) in [6, 6.07) is 0. The molecule has 1 aliphatic rings. The van der Waals surface area contributed by atoms with Gasteiger partial charge < -0.3 is 24.8 Å². The highest BCUT2D eigenvalue weighted by Gasteiger charge is 1.94. The van der Waals surface area contributed by atoms with E-state index >= 15 is 0 Å². The molecule has 5 nitrogen and oxygen atoms in total. The SMILES string of the molecule is C1CCOC1.CCCCO.CCO.CCOC(C)O. The molecule has 1 fully saturated rings. The van der Waals surface area contributed by atoms with Crippen molar-refractivity contribution in [2.45, 2.75) is 59.7 Å². The van der Waals surface area contributed by atoms with Crippen LogP contribution in [-0.2, 0) is 9.47 Å². The van der Waals surface area contributed by atoms with E-state index in [1.54, 1.807) is 13.8 Å². The van der Waals surface area contributed by atoms with Crippen LogP contribution in [0.4, 0.5) is 0 Å². The summed E-state index contributed by atoms with van der Waals surface area (Å²) in [5.41, 5.74) is 0. The van der Waals surface area contributed by atoms with Gasteiger partial charge in [0.25, 0.3) is 0 Å². The number of aliphatic hydroxyl groups excluding tert-OH is 3. The molecule has 1 heterocycles. The van der Waals surface area contributed by atoms with Crippen molar-refractivity contribution in [3.63, 3.8) is 0 Å². The van der Waals surface area contributed by atoms with Crippen LogP contribution in [0.25, 0.3) is 0 Å². The lowest BCUT2D eigenvalue weighted by molar-refractivity contribution is -0.0800. The van der Waals surface area contributed by atoms with E-state index in [4.69, 9.17) is 20.1 Å². The van der Waals surface area contributed by atoms with Gasteiger partial charge in [-0.2, -0.15) is 0 Å². The first-order valence-corrected chi connectivity index (χ1v) is 7.19. The molecule has 0 aliphatic carbocycles. The molecule has 0 aromatic carbocycles. The highest BCUT2D eigenvalue weighted by Crippen LogP contribution is 1.98. The van der Waals surface area contributed by atoms with E-state index in [0.717, 1.165) is 26.1 Å². The smallest absolute Gasteiger partial charge is 0.151 e. The predicted octanol–water partition coefficient (Wildman–Crippen LogP) is 1.94. The van der Waals surface area contributed by atoms with Gasteiger partial charge in [-0.15, -0.1) is 0 Å². The number of unbranched alkanes of at least 4 members (excludes halogenated alkanes) is 1. The van der Waals surface area contributed by atoms with Gasteiger partial charge in [0.2, 0.25) is 0 Å². The molecule has 0 aromatic rings. The van der Waals surface area contributed by atoms with E-state index < -0.39 is 6.29 Å². The van der Waals surface area contributed by atoms with Crippen molar-refractivity contribution in [3.05, 3.63) is 0 Å². The van der Waals surface area contributed by atoms with Gasteiger partial charge in [0.15, 0.2) is 6.29 Å². The molecule has 0 radical (unpaired) electrons. The number of ether oxygens (including phenoxy) is 2. The lowest BCUT2D eigenvalue weighted by Gasteiger charge is -1.99. The number of aliphatic hydroxyl groups is 3. The zero-order valence-corrected chi connectivity index (χ0v) is 13.1. The maximum Gasteiger partial charge on any atom is 0.151 e. The Bertz CT molecular complexity index is 107. The first-order valence-electron chi connectivity index (χ1n) is 7.19. The summed E-state index contributed by atoms with van der Waals surface area (Å²) >= 11 is 0. The molecule has 1 unspecified atom stereocenters. The second-order valence-electron chi connectivity index (χ2n) is 3.77. The summed E-state index contributed by atoms with van der Waals surface area (Å²) < 4.78 is 9.54. The molecule has 0 spiro atoms. The first-order chi connectivity index (χ1) is 9.10. The summed E-state index contributed by atoms with van der Waals surface area (Å²) in [6.07, 6.45) is 3.99. The van der Waals surface area contributed by atoms with Crippen LogP contribution in [-0.4, -0.2) is 54.6 Å². The third-order valence-electron chi connectivity index (χ3n) is 1.75. The van der Waals surface area contributed by atoms with Gasteiger partial charge in [-0.3, -0.25) is 0 Å². The van der Waals surface area contributed by atoms with Crippen molar-refractivity contribution >= 4 is 0 Å². The van der Waals surface area contributed by atoms with Crippen molar-refractivity contribution < 1.29 is 24.8 Å². The summed E-state index contributed by atoms with van der Waals surface area (Å²) in [5.74, 6) is 0. The van der Waals surface area contributed by atoms with Crippen molar-refractivity contribution in [1.29, 1.82) is 0 Å².